The molecule has 4 aromatic rings. The van der Waals surface area contributed by atoms with Gasteiger partial charge in [0.1, 0.15) is 5.82 Å². The van der Waals surface area contributed by atoms with Gasteiger partial charge in [-0.15, -0.1) is 6.58 Å². The summed E-state index contributed by atoms with van der Waals surface area (Å²) < 4.78 is 15.1. The molecule has 0 aliphatic rings. The van der Waals surface area contributed by atoms with E-state index in [-0.39, 0.29) is 5.82 Å². The maximum Gasteiger partial charge on any atom is 0.146 e. The number of benzene rings is 4. The van der Waals surface area contributed by atoms with E-state index >= 15 is 4.39 Å². The third-order valence-corrected chi connectivity index (χ3v) is 6.01. The van der Waals surface area contributed by atoms with Crippen molar-refractivity contribution < 1.29 is 4.39 Å². The smallest absolute Gasteiger partial charge is 0.146 e. The second kappa shape index (κ2) is 11.9. The first kappa shape index (κ1) is 24.1. The van der Waals surface area contributed by atoms with Gasteiger partial charge in [-0.05, 0) is 84.7 Å². The van der Waals surface area contributed by atoms with Crippen LogP contribution in [0.4, 0.5) is 4.39 Å². The molecule has 0 fully saturated rings. The Labute approximate surface area is 208 Å². The molecule has 0 aromatic heterocycles. The van der Waals surface area contributed by atoms with E-state index in [1.807, 2.05) is 48.5 Å². The lowest BCUT2D eigenvalue weighted by atomic mass is 10.0. The summed E-state index contributed by atoms with van der Waals surface area (Å²) in [5.41, 5.74) is 5.71. The number of aryl methyl sites for hydroxylation is 2. The molecule has 0 saturated heterocycles. The van der Waals surface area contributed by atoms with Crippen LogP contribution in [0.1, 0.15) is 59.6 Å². The minimum atomic E-state index is -0.288. The molecule has 1 heteroatoms. The van der Waals surface area contributed by atoms with Gasteiger partial charge in [-0.2, -0.15) is 0 Å². The van der Waals surface area contributed by atoms with Crippen LogP contribution in [-0.4, -0.2) is 0 Å². The van der Waals surface area contributed by atoms with E-state index < -0.39 is 0 Å². The number of unbranched alkanes of at least 4 members (excludes halogenated alkanes) is 1. The maximum absolute atomic E-state index is 15.1. The number of allylic oxidation sites excluding steroid dienone is 1. The van der Waals surface area contributed by atoms with Crippen molar-refractivity contribution in [2.24, 2.45) is 0 Å². The Morgan fingerprint density at radius 1 is 0.714 bits per heavy atom. The fraction of sp³-hybridized carbons (Fsp3) is 0.176. The third kappa shape index (κ3) is 6.50. The van der Waals surface area contributed by atoms with Crippen molar-refractivity contribution >= 4 is 10.8 Å². The fourth-order valence-corrected chi connectivity index (χ4v) is 3.91. The zero-order valence-electron chi connectivity index (χ0n) is 20.2. The van der Waals surface area contributed by atoms with Gasteiger partial charge in [0.2, 0.25) is 0 Å². The van der Waals surface area contributed by atoms with Gasteiger partial charge in [0, 0.05) is 22.1 Å². The summed E-state index contributed by atoms with van der Waals surface area (Å²) in [4.78, 5) is 0. The zero-order valence-corrected chi connectivity index (χ0v) is 20.2. The Balaban J connectivity index is 1.50. The molecule has 0 nitrogen and oxygen atoms in total. The molecule has 0 heterocycles. The number of rotatable bonds is 6. The van der Waals surface area contributed by atoms with Gasteiger partial charge in [0.05, 0.1) is 5.56 Å². The van der Waals surface area contributed by atoms with Gasteiger partial charge in [-0.3, -0.25) is 0 Å². The minimum Gasteiger partial charge on any atom is -0.205 e. The SMILES string of the molecule is C=CCCc1ccc(C#Cc2ccc3c(F)c(C#Cc4ccc(CCCC)cc4)ccc3c2)cc1. The average Bonchev–Trinajstić information content (AvgIpc) is 2.90. The minimum absolute atomic E-state index is 0.288. The van der Waals surface area contributed by atoms with Crippen LogP contribution < -0.4 is 0 Å². The van der Waals surface area contributed by atoms with Gasteiger partial charge in [-0.25, -0.2) is 4.39 Å². The number of fused-ring (bicyclic) bond motifs is 1. The van der Waals surface area contributed by atoms with Crippen molar-refractivity contribution in [3.63, 3.8) is 0 Å². The quantitative estimate of drug-likeness (QED) is 0.202. The normalized spacial score (nSPS) is 10.2. The Hall–Kier alpha value is -4.07. The Morgan fingerprint density at radius 2 is 1.31 bits per heavy atom. The van der Waals surface area contributed by atoms with E-state index in [1.165, 1.54) is 24.0 Å². The van der Waals surface area contributed by atoms with Crippen molar-refractivity contribution in [1.29, 1.82) is 0 Å². The van der Waals surface area contributed by atoms with E-state index in [4.69, 9.17) is 0 Å². The zero-order chi connectivity index (χ0) is 24.5. The number of hydrogen-bond donors (Lipinski definition) is 0. The van der Waals surface area contributed by atoms with E-state index in [9.17, 15) is 0 Å². The molecule has 0 unspecified atom stereocenters. The summed E-state index contributed by atoms with van der Waals surface area (Å²) >= 11 is 0. The van der Waals surface area contributed by atoms with Gasteiger partial charge < -0.3 is 0 Å². The maximum atomic E-state index is 15.1. The average molecular weight is 457 g/mol. The van der Waals surface area contributed by atoms with Crippen molar-refractivity contribution in [3.8, 4) is 23.7 Å². The molecule has 0 atom stereocenters. The highest BCUT2D eigenvalue weighted by Gasteiger charge is 2.06. The Morgan fingerprint density at radius 3 is 1.97 bits per heavy atom. The van der Waals surface area contributed by atoms with E-state index in [0.717, 1.165) is 41.3 Å². The summed E-state index contributed by atoms with van der Waals surface area (Å²) in [6, 6.07) is 25.8. The molecule has 4 rings (SSSR count). The molecule has 0 aliphatic heterocycles. The number of hydrogen-bond acceptors (Lipinski definition) is 0. The highest BCUT2D eigenvalue weighted by Crippen LogP contribution is 2.22. The second-order valence-electron chi connectivity index (χ2n) is 8.69. The molecule has 0 saturated carbocycles. The van der Waals surface area contributed by atoms with Crippen LogP contribution in [0.5, 0.6) is 0 Å². The standard InChI is InChI=1S/C34H29F/c1-3-5-7-26-9-13-28(14-10-26)17-18-30-20-24-33-32(25-30)23-22-31(34(33)35)21-19-29-15-11-27(12-16-29)8-6-4-2/h3,9-16,20,22-25H,1,4-8H2,2H3. The third-order valence-electron chi connectivity index (χ3n) is 6.01. The van der Waals surface area contributed by atoms with Gasteiger partial charge in [-0.1, -0.05) is 79.5 Å². The first-order chi connectivity index (χ1) is 17.2. The van der Waals surface area contributed by atoms with Crippen LogP contribution in [0.2, 0.25) is 0 Å². The van der Waals surface area contributed by atoms with Crippen LogP contribution in [-0.2, 0) is 12.8 Å². The Kier molecular flexibility index (Phi) is 8.17. The molecule has 35 heavy (non-hydrogen) atoms. The summed E-state index contributed by atoms with van der Waals surface area (Å²) in [7, 11) is 0. The van der Waals surface area contributed by atoms with Crippen LogP contribution >= 0.6 is 0 Å². The largest absolute Gasteiger partial charge is 0.205 e. The van der Waals surface area contributed by atoms with E-state index in [0.29, 0.717) is 10.9 Å². The molecule has 0 aliphatic carbocycles. The van der Waals surface area contributed by atoms with Crippen LogP contribution in [0.15, 0.2) is 91.5 Å². The molecule has 0 bridgehead atoms. The van der Waals surface area contributed by atoms with Crippen LogP contribution in [0, 0.1) is 29.5 Å². The summed E-state index contributed by atoms with van der Waals surface area (Å²) in [5, 5.41) is 1.38. The highest BCUT2D eigenvalue weighted by atomic mass is 19.1. The van der Waals surface area contributed by atoms with Crippen molar-refractivity contribution in [2.75, 3.05) is 0 Å². The fourth-order valence-electron chi connectivity index (χ4n) is 3.91. The summed E-state index contributed by atoms with van der Waals surface area (Å²) in [6.45, 7) is 5.96. The lowest BCUT2D eigenvalue weighted by Gasteiger charge is -2.03. The molecule has 172 valence electrons. The molecule has 0 N–H and O–H groups in total. The van der Waals surface area contributed by atoms with Gasteiger partial charge >= 0.3 is 0 Å². The molecular formula is C34H29F. The van der Waals surface area contributed by atoms with E-state index in [1.54, 1.807) is 12.1 Å². The molecule has 0 radical (unpaired) electrons. The molecule has 0 spiro atoms. The van der Waals surface area contributed by atoms with E-state index in [2.05, 4.69) is 61.4 Å². The van der Waals surface area contributed by atoms with Crippen LogP contribution in [0.25, 0.3) is 10.8 Å². The summed E-state index contributed by atoms with van der Waals surface area (Å²) in [5.74, 6) is 12.2. The second-order valence-corrected chi connectivity index (χ2v) is 8.69. The molecule has 4 aromatic carbocycles. The van der Waals surface area contributed by atoms with Crippen LogP contribution in [0.3, 0.4) is 0 Å². The molecular weight excluding hydrogens is 427 g/mol. The summed E-state index contributed by atoms with van der Waals surface area (Å²) in [6.07, 6.45) is 7.34. The predicted molar refractivity (Wildman–Crippen MR) is 146 cm³/mol. The van der Waals surface area contributed by atoms with Crippen molar-refractivity contribution in [1.82, 2.24) is 0 Å². The molecule has 0 amide bonds. The lowest BCUT2D eigenvalue weighted by Crippen LogP contribution is -1.88. The van der Waals surface area contributed by atoms with Gasteiger partial charge in [0.15, 0.2) is 0 Å². The predicted octanol–water partition coefficient (Wildman–Crippen LogP) is 8.24. The first-order valence-corrected chi connectivity index (χ1v) is 12.2. The lowest BCUT2D eigenvalue weighted by molar-refractivity contribution is 0.636. The van der Waals surface area contributed by atoms with Crippen molar-refractivity contribution in [3.05, 3.63) is 131 Å². The monoisotopic (exact) mass is 456 g/mol. The first-order valence-electron chi connectivity index (χ1n) is 12.2. The van der Waals surface area contributed by atoms with Gasteiger partial charge in [0.25, 0.3) is 0 Å². The number of halogens is 1. The Bertz CT molecular complexity index is 1430. The topological polar surface area (TPSA) is 0 Å². The van der Waals surface area contributed by atoms with Crippen molar-refractivity contribution in [2.45, 2.75) is 39.0 Å². The highest BCUT2D eigenvalue weighted by molar-refractivity contribution is 5.86.